The second-order valence-corrected chi connectivity index (χ2v) is 5.59. The highest BCUT2D eigenvalue weighted by atomic mass is 19.1. The first-order valence-corrected chi connectivity index (χ1v) is 8.09. The van der Waals surface area contributed by atoms with Gasteiger partial charge in [0, 0.05) is 12.2 Å². The molecule has 0 fully saturated rings. The molecular weight excluding hydrogens is 323 g/mol. The summed E-state index contributed by atoms with van der Waals surface area (Å²) >= 11 is 0. The van der Waals surface area contributed by atoms with Crippen LogP contribution in [0.4, 0.5) is 10.1 Å². The van der Waals surface area contributed by atoms with Gasteiger partial charge in [-0.1, -0.05) is 37.3 Å². The van der Waals surface area contributed by atoms with Crippen molar-refractivity contribution < 1.29 is 19.1 Å². The van der Waals surface area contributed by atoms with E-state index in [1.807, 2.05) is 19.1 Å². The third-order valence-electron chi connectivity index (χ3n) is 3.80. The van der Waals surface area contributed by atoms with E-state index in [9.17, 15) is 14.0 Å². The van der Waals surface area contributed by atoms with Gasteiger partial charge in [0.25, 0.3) is 0 Å². The molecule has 2 amide bonds. The first kappa shape index (κ1) is 18.6. The summed E-state index contributed by atoms with van der Waals surface area (Å²) in [6, 6.07) is 11.7. The molecule has 0 bridgehead atoms. The Kier molecular flexibility index (Phi) is 6.65. The number of hydrogen-bond donors (Lipinski definition) is 3. The van der Waals surface area contributed by atoms with Crippen molar-refractivity contribution in [2.75, 3.05) is 11.9 Å². The van der Waals surface area contributed by atoms with Crippen LogP contribution >= 0.6 is 0 Å². The van der Waals surface area contributed by atoms with Gasteiger partial charge in [-0.15, -0.1) is 0 Å². The number of halogens is 1. The second-order valence-electron chi connectivity index (χ2n) is 5.59. The summed E-state index contributed by atoms with van der Waals surface area (Å²) in [5.41, 5.74) is 2.59. The third kappa shape index (κ3) is 5.39. The van der Waals surface area contributed by atoms with Crippen molar-refractivity contribution in [1.82, 2.24) is 5.32 Å². The standard InChI is InChI=1S/C19H21FN2O3/c1-2-15-7-8-16(11-17(15)20)22-19(25)18(24)21-10-9-13-3-5-14(12-23)6-4-13/h3-8,11,23H,2,9-10,12H2,1H3,(H,21,24)(H,22,25). The zero-order valence-corrected chi connectivity index (χ0v) is 14.0. The predicted octanol–water partition coefficient (Wildman–Crippen LogP) is 2.18. The lowest BCUT2D eigenvalue weighted by molar-refractivity contribution is -0.136. The molecule has 0 saturated carbocycles. The van der Waals surface area contributed by atoms with Gasteiger partial charge in [0.15, 0.2) is 0 Å². The van der Waals surface area contributed by atoms with Crippen LogP contribution in [0.3, 0.4) is 0 Å². The van der Waals surface area contributed by atoms with Crippen LogP contribution in [-0.4, -0.2) is 23.5 Å². The van der Waals surface area contributed by atoms with Crippen LogP contribution in [0.15, 0.2) is 42.5 Å². The molecule has 6 heteroatoms. The Morgan fingerprint density at radius 1 is 1.04 bits per heavy atom. The van der Waals surface area contributed by atoms with Gasteiger partial charge in [-0.05, 0) is 41.7 Å². The highest BCUT2D eigenvalue weighted by Gasteiger charge is 2.14. The van der Waals surface area contributed by atoms with Crippen LogP contribution in [0.25, 0.3) is 0 Å². The van der Waals surface area contributed by atoms with Crippen molar-refractivity contribution in [3.63, 3.8) is 0 Å². The number of hydrogen-bond acceptors (Lipinski definition) is 3. The summed E-state index contributed by atoms with van der Waals surface area (Å²) in [4.78, 5) is 23.6. The SMILES string of the molecule is CCc1ccc(NC(=O)C(=O)NCCc2ccc(CO)cc2)cc1F. The molecule has 2 aromatic rings. The van der Waals surface area contributed by atoms with Gasteiger partial charge in [-0.2, -0.15) is 0 Å². The van der Waals surface area contributed by atoms with E-state index in [0.717, 1.165) is 11.1 Å². The quantitative estimate of drug-likeness (QED) is 0.703. The van der Waals surface area contributed by atoms with E-state index in [1.54, 1.807) is 24.3 Å². The highest BCUT2D eigenvalue weighted by molar-refractivity contribution is 6.39. The van der Waals surface area contributed by atoms with Crippen LogP contribution in [0.2, 0.25) is 0 Å². The van der Waals surface area contributed by atoms with Crippen LogP contribution < -0.4 is 10.6 Å². The molecule has 0 unspecified atom stereocenters. The molecule has 0 aliphatic heterocycles. The first-order valence-electron chi connectivity index (χ1n) is 8.09. The van der Waals surface area contributed by atoms with Crippen LogP contribution in [0, 0.1) is 5.82 Å². The van der Waals surface area contributed by atoms with Gasteiger partial charge in [0.2, 0.25) is 0 Å². The zero-order chi connectivity index (χ0) is 18.2. The molecule has 25 heavy (non-hydrogen) atoms. The summed E-state index contributed by atoms with van der Waals surface area (Å²) in [5, 5.41) is 13.9. The number of aryl methyl sites for hydroxylation is 1. The minimum absolute atomic E-state index is 0.0168. The van der Waals surface area contributed by atoms with Gasteiger partial charge in [0.1, 0.15) is 5.82 Å². The fourth-order valence-electron chi connectivity index (χ4n) is 2.31. The van der Waals surface area contributed by atoms with E-state index < -0.39 is 17.6 Å². The number of rotatable bonds is 6. The maximum absolute atomic E-state index is 13.7. The van der Waals surface area contributed by atoms with E-state index in [1.165, 1.54) is 6.07 Å². The molecule has 0 aliphatic rings. The Labute approximate surface area is 145 Å². The van der Waals surface area contributed by atoms with Crippen molar-refractivity contribution in [3.05, 3.63) is 65.0 Å². The van der Waals surface area contributed by atoms with Gasteiger partial charge in [-0.3, -0.25) is 9.59 Å². The largest absolute Gasteiger partial charge is 0.392 e. The summed E-state index contributed by atoms with van der Waals surface area (Å²) in [5.74, 6) is -2.02. The first-order chi connectivity index (χ1) is 12.0. The van der Waals surface area contributed by atoms with Crippen molar-refractivity contribution in [1.29, 1.82) is 0 Å². The van der Waals surface area contributed by atoms with Gasteiger partial charge >= 0.3 is 11.8 Å². The Morgan fingerprint density at radius 3 is 2.32 bits per heavy atom. The molecule has 0 heterocycles. The van der Waals surface area contributed by atoms with Crippen molar-refractivity contribution in [2.45, 2.75) is 26.4 Å². The Bertz CT molecular complexity index is 745. The van der Waals surface area contributed by atoms with Crippen molar-refractivity contribution in [3.8, 4) is 0 Å². The van der Waals surface area contributed by atoms with Crippen molar-refractivity contribution >= 4 is 17.5 Å². The number of aliphatic hydroxyl groups excluding tert-OH is 1. The number of benzene rings is 2. The molecule has 2 aromatic carbocycles. The summed E-state index contributed by atoms with van der Waals surface area (Å²) < 4.78 is 13.7. The highest BCUT2D eigenvalue weighted by Crippen LogP contribution is 2.14. The lowest BCUT2D eigenvalue weighted by Crippen LogP contribution is -2.36. The summed E-state index contributed by atoms with van der Waals surface area (Å²) in [6.45, 7) is 2.12. The fourth-order valence-corrected chi connectivity index (χ4v) is 2.31. The summed E-state index contributed by atoms with van der Waals surface area (Å²) in [6.07, 6.45) is 1.12. The smallest absolute Gasteiger partial charge is 0.313 e. The fraction of sp³-hybridized carbons (Fsp3) is 0.263. The molecule has 0 aromatic heterocycles. The number of anilines is 1. The Morgan fingerprint density at radius 2 is 1.72 bits per heavy atom. The maximum atomic E-state index is 13.7. The number of nitrogens with one attached hydrogen (secondary N) is 2. The molecule has 2 rings (SSSR count). The predicted molar refractivity (Wildman–Crippen MR) is 93.5 cm³/mol. The van der Waals surface area contributed by atoms with E-state index in [4.69, 9.17) is 5.11 Å². The van der Waals surface area contributed by atoms with E-state index >= 15 is 0 Å². The average Bonchev–Trinajstić information content (AvgIpc) is 2.62. The van der Waals surface area contributed by atoms with Gasteiger partial charge < -0.3 is 15.7 Å². The van der Waals surface area contributed by atoms with Crippen LogP contribution in [0.1, 0.15) is 23.6 Å². The molecule has 0 atom stereocenters. The van der Waals surface area contributed by atoms with Gasteiger partial charge in [-0.25, -0.2) is 4.39 Å². The van der Waals surface area contributed by atoms with Gasteiger partial charge in [0.05, 0.1) is 6.61 Å². The average molecular weight is 344 g/mol. The number of carbonyl (C=O) groups excluding carboxylic acids is 2. The lowest BCUT2D eigenvalue weighted by atomic mass is 10.1. The minimum atomic E-state index is -0.834. The van der Waals surface area contributed by atoms with E-state index in [0.29, 0.717) is 24.9 Å². The molecule has 132 valence electrons. The Hall–Kier alpha value is -2.73. The summed E-state index contributed by atoms with van der Waals surface area (Å²) in [7, 11) is 0. The molecular formula is C19H21FN2O3. The second kappa shape index (κ2) is 8.94. The molecule has 0 saturated heterocycles. The third-order valence-corrected chi connectivity index (χ3v) is 3.80. The topological polar surface area (TPSA) is 78.4 Å². The molecule has 0 aliphatic carbocycles. The monoisotopic (exact) mass is 344 g/mol. The van der Waals surface area contributed by atoms with E-state index in [2.05, 4.69) is 10.6 Å². The molecule has 0 radical (unpaired) electrons. The normalized spacial score (nSPS) is 10.4. The zero-order valence-electron chi connectivity index (χ0n) is 14.0. The molecule has 5 nitrogen and oxygen atoms in total. The van der Waals surface area contributed by atoms with Crippen LogP contribution in [-0.2, 0) is 29.0 Å². The number of carbonyl (C=O) groups is 2. The van der Waals surface area contributed by atoms with Crippen LogP contribution in [0.5, 0.6) is 0 Å². The van der Waals surface area contributed by atoms with E-state index in [-0.39, 0.29) is 12.3 Å². The number of amides is 2. The maximum Gasteiger partial charge on any atom is 0.313 e. The lowest BCUT2D eigenvalue weighted by Gasteiger charge is -2.08. The molecule has 3 N–H and O–H groups in total. The Balaban J connectivity index is 1.81. The van der Waals surface area contributed by atoms with Crippen molar-refractivity contribution in [2.24, 2.45) is 0 Å². The minimum Gasteiger partial charge on any atom is -0.392 e. The number of aliphatic hydroxyl groups is 1. The molecule has 0 spiro atoms.